The van der Waals surface area contributed by atoms with Crippen molar-refractivity contribution < 1.29 is 37.6 Å². The molecule has 0 aliphatic carbocycles. The Balaban J connectivity index is 3.71. The topological polar surface area (TPSA) is 105 Å². The third kappa shape index (κ3) is 29.0. The molecule has 0 spiro atoms. The molecule has 1 unspecified atom stereocenters. The largest absolute Gasteiger partial charge is 0.756 e. The molecule has 0 fully saturated rings. The summed E-state index contributed by atoms with van der Waals surface area (Å²) < 4.78 is 26.7. The Labute approximate surface area is 236 Å². The van der Waals surface area contributed by atoms with Gasteiger partial charge in [0.25, 0.3) is 7.82 Å². The maximum atomic E-state index is 11.8. The van der Waals surface area contributed by atoms with E-state index in [1.165, 1.54) is 0 Å². The maximum absolute atomic E-state index is 11.8. The summed E-state index contributed by atoms with van der Waals surface area (Å²) in [6, 6.07) is 0. The van der Waals surface area contributed by atoms with Crippen LogP contribution in [0.3, 0.4) is 0 Å². The smallest absolute Gasteiger partial charge is 0.305 e. The van der Waals surface area contributed by atoms with E-state index in [9.17, 15) is 19.4 Å². The first-order chi connectivity index (χ1) is 18.6. The molecule has 0 aromatic heterocycles. The van der Waals surface area contributed by atoms with Crippen LogP contribution < -0.4 is 4.89 Å². The van der Waals surface area contributed by atoms with Crippen molar-refractivity contribution in [3.8, 4) is 0 Å². The number of carbonyl (C=O) groups excluding carboxylic acids is 1. The SMILES string of the molecule is CC/C=C/C/C=C/C/C=C/C/C=C/C/C=C/CCCCCC(=O)OC[C@@H](O)COP(=O)([O-])OCC[N+](C)(C)C. The van der Waals surface area contributed by atoms with Crippen molar-refractivity contribution in [1.82, 2.24) is 0 Å². The lowest BCUT2D eigenvalue weighted by Gasteiger charge is -2.27. The van der Waals surface area contributed by atoms with Crippen molar-refractivity contribution in [3.63, 3.8) is 0 Å². The number of likely N-dealkylation sites (N-methyl/N-ethyl adjacent to an activating group) is 1. The maximum Gasteiger partial charge on any atom is 0.305 e. The number of esters is 1. The molecular weight excluding hydrogens is 517 g/mol. The van der Waals surface area contributed by atoms with Gasteiger partial charge in [-0.3, -0.25) is 9.36 Å². The van der Waals surface area contributed by atoms with Crippen LogP contribution in [0.1, 0.15) is 71.1 Å². The minimum atomic E-state index is -4.51. The zero-order valence-corrected chi connectivity index (χ0v) is 25.4. The molecule has 0 bridgehead atoms. The van der Waals surface area contributed by atoms with Crippen LogP contribution in [0.5, 0.6) is 0 Å². The van der Waals surface area contributed by atoms with Gasteiger partial charge in [0.05, 0.1) is 27.7 Å². The van der Waals surface area contributed by atoms with Gasteiger partial charge in [0, 0.05) is 6.42 Å². The first kappa shape index (κ1) is 37.2. The van der Waals surface area contributed by atoms with Gasteiger partial charge in [-0.1, -0.05) is 74.1 Å². The molecule has 0 aliphatic heterocycles. The summed E-state index contributed by atoms with van der Waals surface area (Å²) in [6.07, 6.45) is 29.3. The Morgan fingerprint density at radius 3 is 1.90 bits per heavy atom. The molecule has 0 radical (unpaired) electrons. The van der Waals surface area contributed by atoms with Crippen molar-refractivity contribution in [3.05, 3.63) is 60.8 Å². The van der Waals surface area contributed by atoms with Gasteiger partial charge in [-0.05, 0) is 51.4 Å². The van der Waals surface area contributed by atoms with E-state index in [1.54, 1.807) is 0 Å². The second kappa shape index (κ2) is 24.0. The van der Waals surface area contributed by atoms with E-state index in [-0.39, 0.29) is 19.6 Å². The highest BCUT2D eigenvalue weighted by atomic mass is 31.2. The molecule has 0 saturated carbocycles. The first-order valence-corrected chi connectivity index (χ1v) is 15.5. The third-order valence-corrected chi connectivity index (χ3v) is 6.25. The van der Waals surface area contributed by atoms with Crippen molar-refractivity contribution >= 4 is 13.8 Å². The fourth-order valence-corrected chi connectivity index (χ4v) is 3.76. The van der Waals surface area contributed by atoms with Gasteiger partial charge in [-0.2, -0.15) is 0 Å². The summed E-state index contributed by atoms with van der Waals surface area (Å²) in [5.41, 5.74) is 0. The number of phosphoric ester groups is 1. The second-order valence-corrected chi connectivity index (χ2v) is 11.6. The van der Waals surface area contributed by atoms with Crippen LogP contribution in [0, 0.1) is 0 Å². The number of nitrogens with zero attached hydrogens (tertiary/aromatic N) is 1. The van der Waals surface area contributed by atoms with Crippen molar-refractivity contribution in [2.45, 2.75) is 77.2 Å². The number of carbonyl (C=O) groups is 1. The molecule has 0 rings (SSSR count). The lowest BCUT2D eigenvalue weighted by Crippen LogP contribution is -2.37. The van der Waals surface area contributed by atoms with Crippen LogP contribution in [-0.4, -0.2) is 69.2 Å². The van der Waals surface area contributed by atoms with Gasteiger partial charge in [0.15, 0.2) is 0 Å². The zero-order chi connectivity index (χ0) is 29.2. The molecule has 8 nitrogen and oxygen atoms in total. The van der Waals surface area contributed by atoms with E-state index in [4.69, 9.17) is 9.26 Å². The number of allylic oxidation sites excluding steroid dienone is 10. The van der Waals surface area contributed by atoms with Crippen molar-refractivity contribution in [2.24, 2.45) is 0 Å². The minimum Gasteiger partial charge on any atom is -0.756 e. The van der Waals surface area contributed by atoms with Crippen LogP contribution in [-0.2, 0) is 23.1 Å². The Hall–Kier alpha value is -1.80. The number of aliphatic hydroxyl groups is 1. The minimum absolute atomic E-state index is 0.0174. The molecule has 0 aromatic rings. The quantitative estimate of drug-likeness (QED) is 0.0515. The van der Waals surface area contributed by atoms with Crippen LogP contribution in [0.25, 0.3) is 0 Å². The van der Waals surface area contributed by atoms with Crippen molar-refractivity contribution in [1.29, 1.82) is 0 Å². The van der Waals surface area contributed by atoms with E-state index >= 15 is 0 Å². The van der Waals surface area contributed by atoms with E-state index in [2.05, 4.69) is 72.2 Å². The molecule has 0 heterocycles. The number of hydrogen-bond acceptors (Lipinski definition) is 7. The number of hydrogen-bond donors (Lipinski definition) is 1. The normalized spacial score (nSPS) is 15.3. The van der Waals surface area contributed by atoms with Gasteiger partial charge in [-0.15, -0.1) is 0 Å². The number of unbranched alkanes of at least 4 members (excludes halogenated alkanes) is 3. The highest BCUT2D eigenvalue weighted by Gasteiger charge is 2.16. The molecule has 9 heteroatoms. The summed E-state index contributed by atoms with van der Waals surface area (Å²) in [7, 11) is 1.22. The average molecular weight is 570 g/mol. The van der Waals surface area contributed by atoms with Gasteiger partial charge in [0.2, 0.25) is 0 Å². The van der Waals surface area contributed by atoms with Gasteiger partial charge < -0.3 is 28.3 Å². The predicted molar refractivity (Wildman–Crippen MR) is 157 cm³/mol. The highest BCUT2D eigenvalue weighted by Crippen LogP contribution is 2.38. The number of rotatable bonds is 24. The summed E-state index contributed by atoms with van der Waals surface area (Å²) >= 11 is 0. The van der Waals surface area contributed by atoms with Crippen LogP contribution >= 0.6 is 7.82 Å². The Kier molecular flexibility index (Phi) is 22.9. The first-order valence-electron chi connectivity index (χ1n) is 14.0. The highest BCUT2D eigenvalue weighted by molar-refractivity contribution is 7.45. The summed E-state index contributed by atoms with van der Waals surface area (Å²) in [5.74, 6) is -0.423. The molecule has 39 heavy (non-hydrogen) atoms. The molecule has 1 N–H and O–H groups in total. The summed E-state index contributed by atoms with van der Waals surface area (Å²) in [4.78, 5) is 23.5. The summed E-state index contributed by atoms with van der Waals surface area (Å²) in [5, 5.41) is 9.81. The van der Waals surface area contributed by atoms with E-state index < -0.39 is 26.5 Å². The van der Waals surface area contributed by atoms with Gasteiger partial charge in [0.1, 0.15) is 25.9 Å². The van der Waals surface area contributed by atoms with E-state index in [0.29, 0.717) is 17.4 Å². The van der Waals surface area contributed by atoms with Crippen LogP contribution in [0.4, 0.5) is 0 Å². The number of quaternary nitrogens is 1. The van der Waals surface area contributed by atoms with Crippen LogP contribution in [0.2, 0.25) is 0 Å². The molecule has 2 atom stereocenters. The lowest BCUT2D eigenvalue weighted by atomic mass is 10.1. The monoisotopic (exact) mass is 569 g/mol. The Bertz CT molecular complexity index is 813. The number of phosphoric acid groups is 1. The molecule has 0 aliphatic rings. The Morgan fingerprint density at radius 1 is 0.821 bits per heavy atom. The van der Waals surface area contributed by atoms with E-state index in [1.807, 2.05) is 21.1 Å². The lowest BCUT2D eigenvalue weighted by molar-refractivity contribution is -0.870. The standard InChI is InChI=1S/C30H52NO7P/c1-5-6-7-8-9-10-11-12-13-14-15-16-17-18-19-20-21-22-23-24-30(33)36-27-29(32)28-38-39(34,35)37-26-25-31(2,3)4/h6-7,9-10,12-13,15-16,18-19,29,32H,5,8,11,14,17,20-28H2,1-4H3/b7-6+,10-9+,13-12+,16-15+,19-18+/t29-/m1/s1. The Morgan fingerprint density at radius 2 is 1.36 bits per heavy atom. The fourth-order valence-electron chi connectivity index (χ4n) is 3.03. The number of aliphatic hydroxyl groups excluding tert-OH is 1. The van der Waals surface area contributed by atoms with Crippen LogP contribution in [0.15, 0.2) is 60.8 Å². The van der Waals surface area contributed by atoms with Crippen molar-refractivity contribution in [2.75, 3.05) is 47.5 Å². The molecule has 0 amide bonds. The van der Waals surface area contributed by atoms with Gasteiger partial charge in [-0.25, -0.2) is 0 Å². The summed E-state index contributed by atoms with van der Waals surface area (Å²) in [6.45, 7) is 1.76. The third-order valence-electron chi connectivity index (χ3n) is 5.28. The van der Waals surface area contributed by atoms with E-state index in [0.717, 1.165) is 51.4 Å². The average Bonchev–Trinajstić information content (AvgIpc) is 2.86. The fraction of sp³-hybridized carbons (Fsp3) is 0.633. The zero-order valence-electron chi connectivity index (χ0n) is 24.5. The second-order valence-electron chi connectivity index (χ2n) is 10.2. The predicted octanol–water partition coefficient (Wildman–Crippen LogP) is 5.80. The molecular formula is C30H52NO7P. The van der Waals surface area contributed by atoms with Gasteiger partial charge >= 0.3 is 5.97 Å². The number of ether oxygens (including phenoxy) is 1. The molecule has 0 aromatic carbocycles. The molecule has 0 saturated heterocycles. The molecule has 224 valence electrons.